The second-order valence-corrected chi connectivity index (χ2v) is 5.30. The van der Waals surface area contributed by atoms with Crippen LogP contribution in [0.5, 0.6) is 0 Å². The molecule has 4 heteroatoms. The number of morpholine rings is 1. The van der Waals surface area contributed by atoms with Crippen LogP contribution >= 0.6 is 0 Å². The Hall–Kier alpha value is -0.160. The van der Waals surface area contributed by atoms with Crippen molar-refractivity contribution >= 4 is 0 Å². The molecule has 1 aliphatic heterocycles. The molecule has 0 bridgehead atoms. The van der Waals surface area contributed by atoms with Crippen LogP contribution in [0, 0.1) is 5.92 Å². The highest BCUT2D eigenvalue weighted by molar-refractivity contribution is 4.72. The largest absolute Gasteiger partial charge is 0.379 e. The van der Waals surface area contributed by atoms with E-state index in [-0.39, 0.29) is 7.53 Å². The molecule has 1 N–H and O–H groups in total. The quantitative estimate of drug-likeness (QED) is 0.662. The van der Waals surface area contributed by atoms with Crippen LogP contribution < -0.4 is 5.32 Å². The van der Waals surface area contributed by atoms with E-state index in [4.69, 9.17) is 9.47 Å². The second kappa shape index (κ2) is 13.8. The highest BCUT2D eigenvalue weighted by atomic mass is 16.5. The molecule has 1 fully saturated rings. The van der Waals surface area contributed by atoms with Gasteiger partial charge in [-0.2, -0.15) is 0 Å². The maximum atomic E-state index is 5.75. The average Bonchev–Trinajstić information content (AvgIpc) is 2.49. The van der Waals surface area contributed by atoms with Crippen molar-refractivity contribution in [1.29, 1.82) is 0 Å². The summed E-state index contributed by atoms with van der Waals surface area (Å²) in [5.41, 5.74) is 0. The third-order valence-electron chi connectivity index (χ3n) is 3.51. The smallest absolute Gasteiger partial charge is 0.0935 e. The predicted octanol–water partition coefficient (Wildman–Crippen LogP) is 2.63. The first kappa shape index (κ1) is 19.8. The van der Waals surface area contributed by atoms with Crippen LogP contribution in [0.3, 0.4) is 0 Å². The van der Waals surface area contributed by atoms with E-state index < -0.39 is 0 Å². The third kappa shape index (κ3) is 9.70. The van der Waals surface area contributed by atoms with Gasteiger partial charge in [-0.1, -0.05) is 34.1 Å². The minimum absolute atomic E-state index is 0. The van der Waals surface area contributed by atoms with Crippen LogP contribution in [0.15, 0.2) is 0 Å². The van der Waals surface area contributed by atoms with E-state index >= 15 is 0 Å². The fraction of sp³-hybridized carbons (Fsp3) is 1.00. The fourth-order valence-electron chi connectivity index (χ4n) is 2.18. The summed E-state index contributed by atoms with van der Waals surface area (Å²) in [6, 6.07) is 0. The Morgan fingerprint density at radius 3 is 2.85 bits per heavy atom. The van der Waals surface area contributed by atoms with Crippen molar-refractivity contribution < 1.29 is 10.9 Å². The maximum absolute atomic E-state index is 5.75. The lowest BCUT2D eigenvalue weighted by Crippen LogP contribution is -2.45. The number of nitrogens with one attached hydrogen (secondary N) is 1. The van der Waals surface area contributed by atoms with Gasteiger partial charge < -0.3 is 14.8 Å². The summed E-state index contributed by atoms with van der Waals surface area (Å²) >= 11 is 0. The van der Waals surface area contributed by atoms with Crippen molar-refractivity contribution in [3.63, 3.8) is 0 Å². The van der Waals surface area contributed by atoms with Gasteiger partial charge >= 0.3 is 0 Å². The van der Waals surface area contributed by atoms with E-state index in [1.54, 1.807) is 0 Å². The Balaban J connectivity index is 0. The first-order valence-corrected chi connectivity index (χ1v) is 8.32. The van der Waals surface area contributed by atoms with E-state index in [0.29, 0.717) is 0 Å². The van der Waals surface area contributed by atoms with Crippen molar-refractivity contribution in [3.05, 3.63) is 0 Å². The van der Waals surface area contributed by atoms with E-state index in [1.165, 1.54) is 13.0 Å². The monoisotopic (exact) mass is 290 g/mol. The van der Waals surface area contributed by atoms with Crippen molar-refractivity contribution in [3.8, 4) is 0 Å². The summed E-state index contributed by atoms with van der Waals surface area (Å²) in [7, 11) is 1.97. The van der Waals surface area contributed by atoms with Crippen LogP contribution in [0.1, 0.15) is 42.0 Å². The summed E-state index contributed by atoms with van der Waals surface area (Å²) in [6.45, 7) is 15.3. The molecule has 1 heterocycles. The number of rotatable bonds is 9. The van der Waals surface area contributed by atoms with E-state index in [9.17, 15) is 0 Å². The van der Waals surface area contributed by atoms with Gasteiger partial charge in [0.25, 0.3) is 0 Å². The molecular weight excluding hydrogens is 252 g/mol. The first-order valence-electron chi connectivity index (χ1n) is 8.32. The lowest BCUT2D eigenvalue weighted by atomic mass is 10.1. The van der Waals surface area contributed by atoms with Crippen LogP contribution in [-0.2, 0) is 9.47 Å². The predicted molar refractivity (Wildman–Crippen MR) is 88.5 cm³/mol. The minimum Gasteiger partial charge on any atom is -0.379 e. The zero-order valence-electron chi connectivity index (χ0n) is 14.3. The van der Waals surface area contributed by atoms with E-state index in [1.807, 2.05) is 20.9 Å². The second-order valence-electron chi connectivity index (χ2n) is 5.30. The van der Waals surface area contributed by atoms with Crippen molar-refractivity contribution in [1.82, 2.24) is 10.2 Å². The lowest BCUT2D eigenvalue weighted by molar-refractivity contribution is -0.0716. The summed E-state index contributed by atoms with van der Waals surface area (Å²) in [5, 5.41) is 3.12. The van der Waals surface area contributed by atoms with Gasteiger partial charge in [0.15, 0.2) is 0 Å². The molecule has 1 unspecified atom stereocenters. The number of hydrogen-bond acceptors (Lipinski definition) is 4. The number of nitrogens with zero attached hydrogens (tertiary/aromatic N) is 1. The van der Waals surface area contributed by atoms with Crippen LogP contribution in [-0.4, -0.2) is 64.1 Å². The van der Waals surface area contributed by atoms with Crippen molar-refractivity contribution in [2.45, 2.75) is 46.6 Å². The van der Waals surface area contributed by atoms with Gasteiger partial charge in [0.2, 0.25) is 0 Å². The zero-order chi connectivity index (χ0) is 15.2. The Labute approximate surface area is 127 Å². The molecule has 0 aliphatic carbocycles. The summed E-state index contributed by atoms with van der Waals surface area (Å²) < 4.78 is 11.4. The van der Waals surface area contributed by atoms with Gasteiger partial charge in [0.05, 0.1) is 19.3 Å². The molecule has 4 nitrogen and oxygen atoms in total. The molecule has 0 amide bonds. The highest BCUT2D eigenvalue weighted by Gasteiger charge is 2.21. The zero-order valence-corrected chi connectivity index (χ0v) is 14.3. The molecule has 124 valence electrons. The molecule has 0 radical (unpaired) electrons. The van der Waals surface area contributed by atoms with Crippen molar-refractivity contribution in [2.75, 3.05) is 53.0 Å². The highest BCUT2D eigenvalue weighted by Crippen LogP contribution is 2.10. The van der Waals surface area contributed by atoms with Crippen LogP contribution in [0.4, 0.5) is 0 Å². The molecule has 0 aromatic carbocycles. The van der Waals surface area contributed by atoms with Gasteiger partial charge in [-0.25, -0.2) is 0 Å². The molecule has 20 heavy (non-hydrogen) atoms. The molecule has 0 spiro atoms. The fourth-order valence-corrected chi connectivity index (χ4v) is 2.18. The van der Waals surface area contributed by atoms with Crippen LogP contribution in [0.25, 0.3) is 0 Å². The third-order valence-corrected chi connectivity index (χ3v) is 3.51. The minimum atomic E-state index is 0. The topological polar surface area (TPSA) is 33.7 Å². The maximum Gasteiger partial charge on any atom is 0.0935 e. The number of ether oxygens (including phenoxy) is 2. The van der Waals surface area contributed by atoms with Gasteiger partial charge in [-0.15, -0.1) is 0 Å². The Morgan fingerprint density at radius 2 is 2.20 bits per heavy atom. The summed E-state index contributed by atoms with van der Waals surface area (Å²) in [5.74, 6) is 0.778. The molecule has 2 atom stereocenters. The molecule has 0 aromatic rings. The normalized spacial score (nSPS) is 21.1. The average molecular weight is 290 g/mol. The van der Waals surface area contributed by atoms with Crippen molar-refractivity contribution in [2.24, 2.45) is 5.92 Å². The molecule has 0 aromatic heterocycles. The standard InChI is InChI=1S/C14H30N2O2.C2H6.H2/c1-4-13(2)10-16-7-9-18-14(11-16)12-17-8-5-6-15-3;1-2;/h13-15H,4-12H2,1-3H3;1-2H3;1H/t13?,14-;;/m0../s1. The SMILES string of the molecule is CC.CCC(C)CN1CCO[C@H](COCCCNC)C1.[HH]. The Kier molecular flexibility index (Phi) is 13.7. The van der Waals surface area contributed by atoms with Gasteiger partial charge in [-0.05, 0) is 25.9 Å². The van der Waals surface area contributed by atoms with E-state index in [0.717, 1.165) is 51.8 Å². The molecule has 1 aliphatic rings. The molecule has 0 saturated carbocycles. The molecule has 1 rings (SSSR count). The van der Waals surface area contributed by atoms with Crippen LogP contribution in [0.2, 0.25) is 0 Å². The lowest BCUT2D eigenvalue weighted by Gasteiger charge is -2.34. The summed E-state index contributed by atoms with van der Waals surface area (Å²) in [4.78, 5) is 2.51. The Bertz CT molecular complexity index is 209. The Morgan fingerprint density at radius 1 is 1.45 bits per heavy atom. The van der Waals surface area contributed by atoms with Gasteiger partial charge in [-0.3, -0.25) is 4.90 Å². The van der Waals surface area contributed by atoms with E-state index in [2.05, 4.69) is 24.1 Å². The summed E-state index contributed by atoms with van der Waals surface area (Å²) in [6.07, 6.45) is 2.58. The molecular formula is C16H38N2O2. The van der Waals surface area contributed by atoms with Gasteiger partial charge in [0.1, 0.15) is 0 Å². The van der Waals surface area contributed by atoms with Gasteiger partial charge in [0, 0.05) is 27.7 Å². The molecule has 1 saturated heterocycles. The first-order chi connectivity index (χ1) is 9.76. The number of hydrogen-bond donors (Lipinski definition) is 1.